The van der Waals surface area contributed by atoms with Crippen LogP contribution in [0.4, 0.5) is 4.39 Å². The van der Waals surface area contributed by atoms with Gasteiger partial charge in [0.15, 0.2) is 0 Å². The molecule has 0 aromatic heterocycles. The Labute approximate surface area is 147 Å². The van der Waals surface area contributed by atoms with Gasteiger partial charge in [-0.1, -0.05) is 48.0 Å². The predicted molar refractivity (Wildman–Crippen MR) is 94.4 cm³/mol. The fourth-order valence-electron chi connectivity index (χ4n) is 3.42. The van der Waals surface area contributed by atoms with Crippen LogP contribution in [0, 0.1) is 11.7 Å². The highest BCUT2D eigenvalue weighted by molar-refractivity contribution is 6.31. The number of rotatable bonds is 5. The average Bonchev–Trinajstić information content (AvgIpc) is 2.95. The molecule has 0 radical (unpaired) electrons. The van der Waals surface area contributed by atoms with E-state index in [1.165, 1.54) is 6.07 Å². The van der Waals surface area contributed by atoms with E-state index in [4.69, 9.17) is 11.6 Å². The van der Waals surface area contributed by atoms with Gasteiger partial charge in [-0.15, -0.1) is 0 Å². The standard InChI is InChI=1S/C20H21ClFNO/c1-14(15-6-3-2-4-7-15)23-13-12-16(20(23)24)10-11-17-18(21)8-5-9-19(17)22/h2-9,14,16H,10-13H2,1H3/t14-,16-/m0/s1. The molecule has 126 valence electrons. The second-order valence-corrected chi connectivity index (χ2v) is 6.75. The van der Waals surface area contributed by atoms with Crippen LogP contribution in [0.2, 0.25) is 5.02 Å². The van der Waals surface area contributed by atoms with Gasteiger partial charge in [-0.3, -0.25) is 4.79 Å². The normalized spacial score (nSPS) is 18.9. The number of likely N-dealkylation sites (tertiary alicyclic amines) is 1. The van der Waals surface area contributed by atoms with Crippen LogP contribution < -0.4 is 0 Å². The monoisotopic (exact) mass is 345 g/mol. The number of amides is 1. The smallest absolute Gasteiger partial charge is 0.226 e. The Morgan fingerprint density at radius 3 is 2.67 bits per heavy atom. The first-order valence-corrected chi connectivity index (χ1v) is 8.74. The van der Waals surface area contributed by atoms with Gasteiger partial charge in [0, 0.05) is 23.0 Å². The van der Waals surface area contributed by atoms with Gasteiger partial charge in [-0.05, 0) is 43.9 Å². The minimum Gasteiger partial charge on any atom is -0.336 e. The highest BCUT2D eigenvalue weighted by Gasteiger charge is 2.34. The summed E-state index contributed by atoms with van der Waals surface area (Å²) in [5.74, 6) is -0.173. The maximum atomic E-state index is 13.9. The van der Waals surface area contributed by atoms with E-state index in [0.717, 1.165) is 18.5 Å². The third kappa shape index (κ3) is 3.46. The van der Waals surface area contributed by atoms with Crippen molar-refractivity contribution < 1.29 is 9.18 Å². The van der Waals surface area contributed by atoms with Gasteiger partial charge < -0.3 is 4.90 Å². The Morgan fingerprint density at radius 2 is 1.96 bits per heavy atom. The maximum Gasteiger partial charge on any atom is 0.226 e. The molecular weight excluding hydrogens is 325 g/mol. The largest absolute Gasteiger partial charge is 0.336 e. The molecule has 0 bridgehead atoms. The Kier molecular flexibility index (Phi) is 5.20. The summed E-state index contributed by atoms with van der Waals surface area (Å²) in [5.41, 5.74) is 1.66. The van der Waals surface area contributed by atoms with Crippen LogP contribution in [0.5, 0.6) is 0 Å². The van der Waals surface area contributed by atoms with E-state index < -0.39 is 0 Å². The average molecular weight is 346 g/mol. The number of benzene rings is 2. The number of carbonyl (C=O) groups excluding carboxylic acids is 1. The molecule has 1 heterocycles. The van der Waals surface area contributed by atoms with Gasteiger partial charge in [0.1, 0.15) is 5.82 Å². The molecule has 24 heavy (non-hydrogen) atoms. The van der Waals surface area contributed by atoms with Gasteiger partial charge >= 0.3 is 0 Å². The Bertz CT molecular complexity index is 699. The number of halogens is 2. The summed E-state index contributed by atoms with van der Waals surface area (Å²) in [5, 5.41) is 0.440. The Balaban J connectivity index is 1.64. The second-order valence-electron chi connectivity index (χ2n) is 6.34. The van der Waals surface area contributed by atoms with Crippen molar-refractivity contribution in [2.24, 2.45) is 5.92 Å². The van der Waals surface area contributed by atoms with Crippen LogP contribution in [0.3, 0.4) is 0 Å². The summed E-state index contributed by atoms with van der Waals surface area (Å²) in [4.78, 5) is 14.6. The molecule has 0 unspecified atom stereocenters. The summed E-state index contributed by atoms with van der Waals surface area (Å²) in [6, 6.07) is 14.8. The number of hydrogen-bond donors (Lipinski definition) is 0. The quantitative estimate of drug-likeness (QED) is 0.745. The topological polar surface area (TPSA) is 20.3 Å². The van der Waals surface area contributed by atoms with Crippen molar-refractivity contribution >= 4 is 17.5 Å². The zero-order valence-corrected chi connectivity index (χ0v) is 14.5. The molecular formula is C20H21ClFNO. The van der Waals surface area contributed by atoms with Crippen molar-refractivity contribution in [1.82, 2.24) is 4.90 Å². The molecule has 0 aliphatic carbocycles. The molecule has 2 atom stereocenters. The summed E-state index contributed by atoms with van der Waals surface area (Å²) < 4.78 is 13.9. The van der Waals surface area contributed by atoms with E-state index in [1.807, 2.05) is 35.2 Å². The number of nitrogens with zero attached hydrogens (tertiary/aromatic N) is 1. The summed E-state index contributed by atoms with van der Waals surface area (Å²) in [7, 11) is 0. The van der Waals surface area contributed by atoms with Crippen molar-refractivity contribution in [3.05, 3.63) is 70.5 Å². The molecule has 4 heteroatoms. The van der Waals surface area contributed by atoms with Crippen LogP contribution in [0.1, 0.15) is 36.9 Å². The lowest BCUT2D eigenvalue weighted by Gasteiger charge is -2.25. The third-order valence-corrected chi connectivity index (χ3v) is 5.26. The highest BCUT2D eigenvalue weighted by atomic mass is 35.5. The maximum absolute atomic E-state index is 13.9. The fraction of sp³-hybridized carbons (Fsp3) is 0.350. The number of hydrogen-bond acceptors (Lipinski definition) is 1. The molecule has 0 N–H and O–H groups in total. The van der Waals surface area contributed by atoms with Gasteiger partial charge in [0.25, 0.3) is 0 Å². The fourth-order valence-corrected chi connectivity index (χ4v) is 3.67. The predicted octanol–water partition coefficient (Wildman–Crippen LogP) is 5.02. The molecule has 2 nitrogen and oxygen atoms in total. The Morgan fingerprint density at radius 1 is 1.21 bits per heavy atom. The van der Waals surface area contributed by atoms with E-state index in [9.17, 15) is 9.18 Å². The zero-order chi connectivity index (χ0) is 17.1. The third-order valence-electron chi connectivity index (χ3n) is 4.90. The highest BCUT2D eigenvalue weighted by Crippen LogP contribution is 2.31. The van der Waals surface area contributed by atoms with Crippen LogP contribution in [-0.2, 0) is 11.2 Å². The van der Waals surface area contributed by atoms with Crippen molar-refractivity contribution in [2.75, 3.05) is 6.54 Å². The first-order chi connectivity index (χ1) is 11.6. The summed E-state index contributed by atoms with van der Waals surface area (Å²) in [6.45, 7) is 2.81. The lowest BCUT2D eigenvalue weighted by molar-refractivity contribution is -0.132. The molecule has 1 fully saturated rings. The summed E-state index contributed by atoms with van der Waals surface area (Å²) in [6.07, 6.45) is 1.95. The van der Waals surface area contributed by atoms with Crippen molar-refractivity contribution in [2.45, 2.75) is 32.2 Å². The molecule has 1 aliphatic heterocycles. The van der Waals surface area contributed by atoms with Crippen LogP contribution >= 0.6 is 11.6 Å². The molecule has 1 amide bonds. The zero-order valence-electron chi connectivity index (χ0n) is 13.7. The molecule has 1 saturated heterocycles. The lowest BCUT2D eigenvalue weighted by Crippen LogP contribution is -2.30. The van der Waals surface area contributed by atoms with Crippen LogP contribution in [-0.4, -0.2) is 17.4 Å². The van der Waals surface area contributed by atoms with Crippen molar-refractivity contribution in [3.63, 3.8) is 0 Å². The summed E-state index contributed by atoms with van der Waals surface area (Å²) >= 11 is 6.08. The van der Waals surface area contributed by atoms with E-state index >= 15 is 0 Å². The Hall–Kier alpha value is -1.87. The minimum atomic E-state index is -0.289. The van der Waals surface area contributed by atoms with Crippen LogP contribution in [0.15, 0.2) is 48.5 Å². The van der Waals surface area contributed by atoms with Gasteiger partial charge in [0.05, 0.1) is 6.04 Å². The van der Waals surface area contributed by atoms with Crippen molar-refractivity contribution in [3.8, 4) is 0 Å². The molecule has 2 aromatic carbocycles. The number of carbonyl (C=O) groups is 1. The SMILES string of the molecule is C[C@@H](c1ccccc1)N1CC[C@H](CCc2c(F)cccc2Cl)C1=O. The second kappa shape index (κ2) is 7.35. The molecule has 1 aliphatic rings. The van der Waals surface area contributed by atoms with E-state index in [0.29, 0.717) is 23.4 Å². The molecule has 0 saturated carbocycles. The minimum absolute atomic E-state index is 0.0492. The lowest BCUT2D eigenvalue weighted by atomic mass is 9.97. The molecule has 0 spiro atoms. The van der Waals surface area contributed by atoms with Gasteiger partial charge in [-0.25, -0.2) is 4.39 Å². The molecule has 2 aromatic rings. The van der Waals surface area contributed by atoms with Gasteiger partial charge in [-0.2, -0.15) is 0 Å². The molecule has 3 rings (SSSR count). The van der Waals surface area contributed by atoms with Crippen LogP contribution in [0.25, 0.3) is 0 Å². The first-order valence-electron chi connectivity index (χ1n) is 8.36. The van der Waals surface area contributed by atoms with E-state index in [-0.39, 0.29) is 23.7 Å². The van der Waals surface area contributed by atoms with E-state index in [2.05, 4.69) is 6.92 Å². The van der Waals surface area contributed by atoms with E-state index in [1.54, 1.807) is 12.1 Å². The van der Waals surface area contributed by atoms with Gasteiger partial charge in [0.2, 0.25) is 5.91 Å². The van der Waals surface area contributed by atoms with Crippen molar-refractivity contribution in [1.29, 1.82) is 0 Å². The first kappa shape index (κ1) is 17.0.